The fourth-order valence-corrected chi connectivity index (χ4v) is 1.94. The second-order valence-electron chi connectivity index (χ2n) is 3.03. The van der Waals surface area contributed by atoms with E-state index in [9.17, 15) is 4.79 Å². The van der Waals surface area contributed by atoms with Gasteiger partial charge >= 0.3 is 0 Å². The van der Waals surface area contributed by atoms with Crippen molar-refractivity contribution >= 4 is 21.7 Å². The summed E-state index contributed by atoms with van der Waals surface area (Å²) < 4.78 is 11.5. The predicted octanol–water partition coefficient (Wildman–Crippen LogP) is 2.42. The van der Waals surface area contributed by atoms with Gasteiger partial charge in [-0.15, -0.1) is 0 Å². The number of fused-ring (bicyclic) bond motifs is 1. The molecule has 0 amide bonds. The van der Waals surface area contributed by atoms with E-state index in [1.807, 2.05) is 0 Å². The highest BCUT2D eigenvalue weighted by molar-refractivity contribution is 9.10. The Morgan fingerprint density at radius 2 is 1.86 bits per heavy atom. The highest BCUT2D eigenvalue weighted by Crippen LogP contribution is 2.35. The molecule has 74 valence electrons. The van der Waals surface area contributed by atoms with Crippen molar-refractivity contribution in [2.24, 2.45) is 0 Å². The van der Waals surface area contributed by atoms with Gasteiger partial charge in [-0.25, -0.2) is 0 Å². The summed E-state index contributed by atoms with van der Waals surface area (Å²) in [5.41, 5.74) is 0.620. The highest BCUT2D eigenvalue weighted by atomic mass is 79.9. The molecule has 0 radical (unpaired) electrons. The van der Waals surface area contributed by atoms with E-state index in [1.54, 1.807) is 12.1 Å². The lowest BCUT2D eigenvalue weighted by molar-refractivity contribution is 0.101. The molecule has 1 aliphatic heterocycles. The molecule has 14 heavy (non-hydrogen) atoms. The molecule has 1 aromatic carbocycles. The van der Waals surface area contributed by atoms with Crippen LogP contribution in [0.15, 0.2) is 16.6 Å². The molecule has 0 saturated heterocycles. The first-order chi connectivity index (χ1) is 6.68. The average molecular weight is 257 g/mol. The number of carbonyl (C=O) groups excluding carboxylic acids is 1. The van der Waals surface area contributed by atoms with Gasteiger partial charge < -0.3 is 9.47 Å². The van der Waals surface area contributed by atoms with Gasteiger partial charge in [0.05, 0.1) is 0 Å². The van der Waals surface area contributed by atoms with Crippen molar-refractivity contribution in [3.63, 3.8) is 0 Å². The largest absolute Gasteiger partial charge is 0.486 e. The van der Waals surface area contributed by atoms with Gasteiger partial charge in [0.25, 0.3) is 0 Å². The number of hydrogen-bond acceptors (Lipinski definition) is 3. The van der Waals surface area contributed by atoms with E-state index in [0.29, 0.717) is 30.3 Å². The van der Waals surface area contributed by atoms with Crippen molar-refractivity contribution in [3.8, 4) is 11.5 Å². The van der Waals surface area contributed by atoms with Crippen LogP contribution in [0.2, 0.25) is 0 Å². The van der Waals surface area contributed by atoms with Crippen molar-refractivity contribution in [3.05, 3.63) is 22.2 Å². The molecule has 1 aliphatic rings. The van der Waals surface area contributed by atoms with Gasteiger partial charge in [-0.05, 0) is 35.0 Å². The van der Waals surface area contributed by atoms with Gasteiger partial charge in [0.1, 0.15) is 13.2 Å². The molecule has 0 N–H and O–H groups in total. The van der Waals surface area contributed by atoms with Crippen molar-refractivity contribution in [2.75, 3.05) is 13.2 Å². The zero-order chi connectivity index (χ0) is 10.1. The van der Waals surface area contributed by atoms with Crippen LogP contribution in [0, 0.1) is 0 Å². The van der Waals surface area contributed by atoms with Crippen molar-refractivity contribution in [1.82, 2.24) is 0 Å². The molecule has 0 unspecified atom stereocenters. The number of halogens is 1. The molecule has 0 aromatic heterocycles. The third-order valence-corrected chi connectivity index (χ3v) is 2.67. The fraction of sp³-hybridized carbons (Fsp3) is 0.300. The Kier molecular flexibility index (Phi) is 2.46. The summed E-state index contributed by atoms with van der Waals surface area (Å²) in [6, 6.07) is 3.48. The maximum atomic E-state index is 11.2. The van der Waals surface area contributed by atoms with E-state index >= 15 is 0 Å². The zero-order valence-corrected chi connectivity index (χ0v) is 9.26. The molecular weight excluding hydrogens is 248 g/mol. The summed E-state index contributed by atoms with van der Waals surface area (Å²) in [4.78, 5) is 11.2. The SMILES string of the molecule is CC(=O)c1cc2c(cc1Br)OCCO2. The standard InChI is InChI=1S/C10H9BrO3/c1-6(12)7-4-9-10(5-8(7)11)14-3-2-13-9/h4-5H,2-3H2,1H3. The van der Waals surface area contributed by atoms with Gasteiger partial charge in [-0.2, -0.15) is 0 Å². The molecule has 0 fully saturated rings. The van der Waals surface area contributed by atoms with Gasteiger partial charge in [-0.1, -0.05) is 0 Å². The third-order valence-electron chi connectivity index (χ3n) is 2.01. The first-order valence-electron chi connectivity index (χ1n) is 4.28. The molecule has 1 aromatic rings. The topological polar surface area (TPSA) is 35.5 Å². The Balaban J connectivity index is 2.50. The first-order valence-corrected chi connectivity index (χ1v) is 5.08. The minimum absolute atomic E-state index is 0.00819. The lowest BCUT2D eigenvalue weighted by atomic mass is 10.1. The van der Waals surface area contributed by atoms with Crippen LogP contribution in [0.25, 0.3) is 0 Å². The Labute approximate surface area is 90.1 Å². The van der Waals surface area contributed by atoms with Crippen molar-refractivity contribution < 1.29 is 14.3 Å². The quantitative estimate of drug-likeness (QED) is 0.725. The second kappa shape index (κ2) is 3.61. The molecule has 2 rings (SSSR count). The van der Waals surface area contributed by atoms with Gasteiger partial charge in [0.2, 0.25) is 0 Å². The molecule has 0 saturated carbocycles. The summed E-state index contributed by atoms with van der Waals surface area (Å²) in [5.74, 6) is 1.34. The minimum atomic E-state index is 0.00819. The summed E-state index contributed by atoms with van der Waals surface area (Å²) in [7, 11) is 0. The number of rotatable bonds is 1. The van der Waals surface area contributed by atoms with Crippen LogP contribution in [-0.4, -0.2) is 19.0 Å². The Morgan fingerprint density at radius 1 is 1.29 bits per heavy atom. The molecular formula is C10H9BrO3. The Hall–Kier alpha value is -1.03. The minimum Gasteiger partial charge on any atom is -0.486 e. The van der Waals surface area contributed by atoms with E-state index < -0.39 is 0 Å². The zero-order valence-electron chi connectivity index (χ0n) is 7.67. The Bertz CT molecular complexity index is 387. The molecule has 3 nitrogen and oxygen atoms in total. The predicted molar refractivity (Wildman–Crippen MR) is 55.1 cm³/mol. The van der Waals surface area contributed by atoms with Gasteiger partial charge in [0, 0.05) is 10.0 Å². The number of carbonyl (C=O) groups is 1. The monoisotopic (exact) mass is 256 g/mol. The molecule has 1 heterocycles. The maximum absolute atomic E-state index is 11.2. The van der Waals surface area contributed by atoms with Crippen LogP contribution in [0.3, 0.4) is 0 Å². The summed E-state index contributed by atoms with van der Waals surface area (Å²) in [5, 5.41) is 0. The van der Waals surface area contributed by atoms with Crippen molar-refractivity contribution in [1.29, 1.82) is 0 Å². The molecule has 0 aliphatic carbocycles. The van der Waals surface area contributed by atoms with Crippen LogP contribution in [0.1, 0.15) is 17.3 Å². The van der Waals surface area contributed by atoms with Crippen LogP contribution in [0.4, 0.5) is 0 Å². The lowest BCUT2D eigenvalue weighted by Crippen LogP contribution is -2.15. The van der Waals surface area contributed by atoms with Crippen LogP contribution in [0.5, 0.6) is 11.5 Å². The number of Topliss-reactive ketones (excluding diaryl/α,β-unsaturated/α-hetero) is 1. The average Bonchev–Trinajstić information content (AvgIpc) is 2.16. The smallest absolute Gasteiger partial charge is 0.162 e. The van der Waals surface area contributed by atoms with E-state index in [1.165, 1.54) is 6.92 Å². The van der Waals surface area contributed by atoms with Crippen LogP contribution < -0.4 is 9.47 Å². The summed E-state index contributed by atoms with van der Waals surface area (Å²) in [6.07, 6.45) is 0. The second-order valence-corrected chi connectivity index (χ2v) is 3.89. The number of ether oxygens (including phenoxy) is 2. The lowest BCUT2D eigenvalue weighted by Gasteiger charge is -2.19. The third kappa shape index (κ3) is 1.62. The Morgan fingerprint density at radius 3 is 2.43 bits per heavy atom. The molecule has 4 heteroatoms. The van der Waals surface area contributed by atoms with E-state index in [0.717, 1.165) is 4.47 Å². The number of benzene rings is 1. The number of ketones is 1. The highest BCUT2D eigenvalue weighted by Gasteiger charge is 2.16. The van der Waals surface area contributed by atoms with Gasteiger partial charge in [0.15, 0.2) is 17.3 Å². The fourth-order valence-electron chi connectivity index (χ4n) is 1.33. The van der Waals surface area contributed by atoms with Crippen LogP contribution in [-0.2, 0) is 0 Å². The summed E-state index contributed by atoms with van der Waals surface area (Å²) in [6.45, 7) is 2.61. The molecule has 0 bridgehead atoms. The van der Waals surface area contributed by atoms with E-state index in [-0.39, 0.29) is 5.78 Å². The van der Waals surface area contributed by atoms with Crippen LogP contribution >= 0.6 is 15.9 Å². The summed E-state index contributed by atoms with van der Waals surface area (Å²) >= 11 is 3.32. The first kappa shape index (κ1) is 9.52. The number of hydrogen-bond donors (Lipinski definition) is 0. The molecule has 0 atom stereocenters. The molecule has 0 spiro atoms. The van der Waals surface area contributed by atoms with E-state index in [2.05, 4.69) is 15.9 Å². The maximum Gasteiger partial charge on any atom is 0.162 e. The van der Waals surface area contributed by atoms with E-state index in [4.69, 9.17) is 9.47 Å². The van der Waals surface area contributed by atoms with Gasteiger partial charge in [-0.3, -0.25) is 4.79 Å². The normalized spacial score (nSPS) is 13.9. The van der Waals surface area contributed by atoms with Crippen molar-refractivity contribution in [2.45, 2.75) is 6.92 Å².